The van der Waals surface area contributed by atoms with Crippen LogP contribution in [-0.4, -0.2) is 26.8 Å². The molecule has 1 N–H and O–H groups in total. The van der Waals surface area contributed by atoms with Gasteiger partial charge in [0.15, 0.2) is 0 Å². The van der Waals surface area contributed by atoms with Gasteiger partial charge in [0.25, 0.3) is 0 Å². The first-order valence-electron chi connectivity index (χ1n) is 8.42. The van der Waals surface area contributed by atoms with Crippen LogP contribution in [-0.2, 0) is 11.3 Å². The van der Waals surface area contributed by atoms with Crippen LogP contribution in [0.15, 0.2) is 46.8 Å². The Morgan fingerprint density at radius 3 is 2.86 bits per heavy atom. The molecule has 28 heavy (non-hydrogen) atoms. The van der Waals surface area contributed by atoms with Crippen LogP contribution in [0, 0.1) is 6.92 Å². The van der Waals surface area contributed by atoms with E-state index in [0.29, 0.717) is 16.6 Å². The lowest BCUT2D eigenvalue weighted by Crippen LogP contribution is -2.24. The second kappa shape index (κ2) is 8.57. The summed E-state index contributed by atoms with van der Waals surface area (Å²) in [7, 11) is 0. The third kappa shape index (κ3) is 4.20. The molecule has 0 spiro atoms. The molecule has 0 aliphatic heterocycles. The zero-order chi connectivity index (χ0) is 19.5. The van der Waals surface area contributed by atoms with Crippen molar-refractivity contribution < 1.29 is 4.79 Å². The number of thiazole rings is 1. The lowest BCUT2D eigenvalue weighted by Gasteiger charge is -2.07. The van der Waals surface area contributed by atoms with Gasteiger partial charge in [-0.3, -0.25) is 4.79 Å². The van der Waals surface area contributed by atoms with Gasteiger partial charge in [0.1, 0.15) is 16.2 Å². The molecule has 0 atom stereocenters. The van der Waals surface area contributed by atoms with Crippen LogP contribution in [0.4, 0.5) is 0 Å². The largest absolute Gasteiger partial charge is 0.351 e. The smallest absolute Gasteiger partial charge is 0.230 e. The predicted octanol–water partition coefficient (Wildman–Crippen LogP) is 5.19. The summed E-state index contributed by atoms with van der Waals surface area (Å²) in [5, 5.41) is 15.9. The van der Waals surface area contributed by atoms with Crippen molar-refractivity contribution in [2.24, 2.45) is 0 Å². The van der Waals surface area contributed by atoms with Crippen molar-refractivity contribution in [1.29, 1.82) is 0 Å². The van der Waals surface area contributed by atoms with Crippen LogP contribution in [0.25, 0.3) is 20.8 Å². The Kier molecular flexibility index (Phi) is 5.91. The minimum Gasteiger partial charge on any atom is -0.351 e. The molecule has 1 aromatic carbocycles. The maximum absolute atomic E-state index is 12.3. The molecule has 0 saturated carbocycles. The normalized spacial score (nSPS) is 11.1. The highest BCUT2D eigenvalue weighted by Gasteiger charge is 2.17. The van der Waals surface area contributed by atoms with Crippen LogP contribution in [0.2, 0.25) is 5.02 Å². The number of thioether (sulfide) groups is 1. The molecule has 0 aliphatic carbocycles. The molecule has 4 rings (SSSR count). The first-order valence-corrected chi connectivity index (χ1v) is 11.5. The minimum atomic E-state index is -0.0887. The van der Waals surface area contributed by atoms with E-state index in [0.717, 1.165) is 31.4 Å². The van der Waals surface area contributed by atoms with Gasteiger partial charge >= 0.3 is 0 Å². The van der Waals surface area contributed by atoms with Crippen LogP contribution >= 0.6 is 46.0 Å². The number of nitrogens with one attached hydrogen (secondary N) is 1. The van der Waals surface area contributed by atoms with Gasteiger partial charge in [-0.2, -0.15) is 0 Å². The number of benzene rings is 1. The Bertz CT molecular complexity index is 1130. The van der Waals surface area contributed by atoms with E-state index >= 15 is 0 Å². The van der Waals surface area contributed by atoms with Crippen molar-refractivity contribution in [2.75, 3.05) is 5.75 Å². The molecule has 3 aromatic heterocycles. The molecule has 0 aliphatic rings. The average molecular weight is 447 g/mol. The van der Waals surface area contributed by atoms with E-state index < -0.39 is 0 Å². The van der Waals surface area contributed by atoms with Gasteiger partial charge in [0.05, 0.1) is 20.3 Å². The van der Waals surface area contributed by atoms with E-state index in [9.17, 15) is 4.79 Å². The molecule has 0 radical (unpaired) electrons. The number of aryl methyl sites for hydroxylation is 1. The van der Waals surface area contributed by atoms with E-state index in [1.165, 1.54) is 11.8 Å². The van der Waals surface area contributed by atoms with Crippen molar-refractivity contribution in [1.82, 2.24) is 20.5 Å². The second-order valence-corrected chi connectivity index (χ2v) is 9.42. The molecule has 3 heterocycles. The Labute approximate surface area is 179 Å². The zero-order valence-electron chi connectivity index (χ0n) is 14.8. The van der Waals surface area contributed by atoms with E-state index in [2.05, 4.69) is 20.5 Å². The fraction of sp³-hybridized carbons (Fsp3) is 0.158. The minimum absolute atomic E-state index is 0.0887. The third-order valence-electron chi connectivity index (χ3n) is 3.92. The number of thiophene rings is 1. The Balaban J connectivity index is 1.47. The summed E-state index contributed by atoms with van der Waals surface area (Å²) >= 11 is 10.7. The molecule has 1 amide bonds. The second-order valence-electron chi connectivity index (χ2n) is 5.90. The monoisotopic (exact) mass is 446 g/mol. The highest BCUT2D eigenvalue weighted by atomic mass is 35.5. The maximum Gasteiger partial charge on any atom is 0.230 e. The lowest BCUT2D eigenvalue weighted by molar-refractivity contribution is -0.118. The van der Waals surface area contributed by atoms with Crippen LogP contribution in [0.5, 0.6) is 0 Å². The number of carbonyl (C=O) groups is 1. The molecule has 5 nitrogen and oxygen atoms in total. The van der Waals surface area contributed by atoms with E-state index in [-0.39, 0.29) is 11.7 Å². The number of hydrogen-bond acceptors (Lipinski definition) is 7. The molecule has 9 heteroatoms. The molecule has 0 bridgehead atoms. The first-order chi connectivity index (χ1) is 13.6. The molecule has 0 saturated heterocycles. The Morgan fingerprint density at radius 2 is 2.07 bits per heavy atom. The standard InChI is InChI=1S/C19H15ClN4OS3/c1-11-22-17-18(28-11)16(14-7-4-8-26-14)23-24-19(17)27-10-15(25)21-9-12-5-2-3-6-13(12)20/h2-8H,9-10H2,1H3,(H,21,25). The maximum atomic E-state index is 12.3. The molecule has 142 valence electrons. The summed E-state index contributed by atoms with van der Waals surface area (Å²) in [6, 6.07) is 11.5. The number of fused-ring (bicyclic) bond motifs is 1. The van der Waals surface area contributed by atoms with E-state index in [1.54, 1.807) is 22.7 Å². The number of hydrogen-bond donors (Lipinski definition) is 1. The molecule has 0 unspecified atom stereocenters. The summed E-state index contributed by atoms with van der Waals surface area (Å²) in [6.45, 7) is 2.36. The van der Waals surface area contributed by atoms with Crippen LogP contribution in [0.1, 0.15) is 10.6 Å². The fourth-order valence-corrected chi connectivity index (χ4v) is 5.33. The van der Waals surface area contributed by atoms with E-state index in [1.807, 2.05) is 48.7 Å². The summed E-state index contributed by atoms with van der Waals surface area (Å²) in [5.41, 5.74) is 2.55. The number of aromatic nitrogens is 3. The van der Waals surface area contributed by atoms with Crippen molar-refractivity contribution in [2.45, 2.75) is 18.5 Å². The Hall–Kier alpha value is -2.00. The van der Waals surface area contributed by atoms with Crippen molar-refractivity contribution in [3.63, 3.8) is 0 Å². The summed E-state index contributed by atoms with van der Waals surface area (Å²) in [4.78, 5) is 17.9. The van der Waals surface area contributed by atoms with Crippen LogP contribution < -0.4 is 5.32 Å². The predicted molar refractivity (Wildman–Crippen MR) is 117 cm³/mol. The number of amides is 1. The molecule has 4 aromatic rings. The molecule has 0 fully saturated rings. The quantitative estimate of drug-likeness (QED) is 0.413. The lowest BCUT2D eigenvalue weighted by atomic mass is 10.2. The van der Waals surface area contributed by atoms with Crippen molar-refractivity contribution in [3.8, 4) is 10.6 Å². The van der Waals surface area contributed by atoms with Gasteiger partial charge in [0.2, 0.25) is 5.91 Å². The van der Waals surface area contributed by atoms with Gasteiger partial charge in [-0.15, -0.1) is 32.9 Å². The number of nitrogens with zero attached hydrogens (tertiary/aromatic N) is 3. The van der Waals surface area contributed by atoms with Crippen molar-refractivity contribution in [3.05, 3.63) is 57.4 Å². The molecular weight excluding hydrogens is 432 g/mol. The molecular formula is C19H15ClN4OS3. The first kappa shape index (κ1) is 19.3. The van der Waals surface area contributed by atoms with Crippen molar-refractivity contribution >= 4 is 62.2 Å². The fourth-order valence-electron chi connectivity index (χ4n) is 2.61. The number of rotatable bonds is 6. The average Bonchev–Trinajstić information content (AvgIpc) is 3.34. The Morgan fingerprint density at radius 1 is 1.21 bits per heavy atom. The number of carbonyl (C=O) groups excluding carboxylic acids is 1. The summed E-state index contributed by atoms with van der Waals surface area (Å²) in [6.07, 6.45) is 0. The zero-order valence-corrected chi connectivity index (χ0v) is 18.0. The van der Waals surface area contributed by atoms with Gasteiger partial charge in [-0.05, 0) is 30.0 Å². The topological polar surface area (TPSA) is 67.8 Å². The van der Waals surface area contributed by atoms with Gasteiger partial charge < -0.3 is 5.32 Å². The van der Waals surface area contributed by atoms with Gasteiger partial charge in [-0.1, -0.05) is 47.6 Å². The highest BCUT2D eigenvalue weighted by molar-refractivity contribution is 8.00. The summed E-state index contributed by atoms with van der Waals surface area (Å²) in [5.74, 6) is 0.150. The van der Waals surface area contributed by atoms with E-state index in [4.69, 9.17) is 11.6 Å². The third-order valence-corrected chi connectivity index (χ3v) is 7.10. The summed E-state index contributed by atoms with van der Waals surface area (Å²) < 4.78 is 1.01. The van der Waals surface area contributed by atoms with Gasteiger partial charge in [0, 0.05) is 11.6 Å². The SMILES string of the molecule is Cc1nc2c(SCC(=O)NCc3ccccc3Cl)nnc(-c3cccs3)c2s1. The van der Waals surface area contributed by atoms with Crippen LogP contribution in [0.3, 0.4) is 0 Å². The number of halogens is 1. The highest BCUT2D eigenvalue weighted by Crippen LogP contribution is 2.36. The van der Waals surface area contributed by atoms with Gasteiger partial charge in [-0.25, -0.2) is 4.98 Å².